The van der Waals surface area contributed by atoms with Crippen LogP contribution < -0.4 is 0 Å². The summed E-state index contributed by atoms with van der Waals surface area (Å²) in [6, 6.07) is 0. The molecule has 0 heterocycles. The first-order chi connectivity index (χ1) is 5.35. The van der Waals surface area contributed by atoms with Gasteiger partial charge in [0.05, 0.1) is 6.10 Å². The molecule has 0 saturated heterocycles. The molecule has 1 unspecified atom stereocenters. The Kier molecular flexibility index (Phi) is 7.29. The minimum atomic E-state index is 0.333. The Balaban J connectivity index is 3.43. The molecular formula is C10H18O. The highest BCUT2D eigenvalue weighted by molar-refractivity contribution is 4.99. The van der Waals surface area contributed by atoms with Gasteiger partial charge >= 0.3 is 0 Å². The Bertz CT molecular complexity index is 126. The van der Waals surface area contributed by atoms with Crippen molar-refractivity contribution in [3.05, 3.63) is 0 Å². The second kappa shape index (κ2) is 7.63. The minimum Gasteiger partial charge on any atom is -0.380 e. The fourth-order valence-corrected chi connectivity index (χ4v) is 0.794. The van der Waals surface area contributed by atoms with E-state index in [0.717, 1.165) is 25.7 Å². The maximum absolute atomic E-state index is 5.18. The van der Waals surface area contributed by atoms with Crippen LogP contribution in [-0.4, -0.2) is 13.2 Å². The molecule has 0 N–H and O–H groups in total. The lowest BCUT2D eigenvalue weighted by Crippen LogP contribution is -2.06. The van der Waals surface area contributed by atoms with Gasteiger partial charge in [-0.3, -0.25) is 0 Å². The first kappa shape index (κ1) is 10.5. The van der Waals surface area contributed by atoms with E-state index in [-0.39, 0.29) is 0 Å². The van der Waals surface area contributed by atoms with Crippen LogP contribution in [0.15, 0.2) is 0 Å². The molecule has 0 bridgehead atoms. The average Bonchev–Trinajstić information content (AvgIpc) is 2.05. The molecule has 0 rings (SSSR count). The zero-order valence-corrected chi connectivity index (χ0v) is 7.81. The van der Waals surface area contributed by atoms with Crippen LogP contribution in [0.2, 0.25) is 0 Å². The summed E-state index contributed by atoms with van der Waals surface area (Å²) in [4.78, 5) is 0. The number of hydrogen-bond donors (Lipinski definition) is 0. The van der Waals surface area contributed by atoms with Crippen molar-refractivity contribution in [3.63, 3.8) is 0 Å². The second-order valence-electron chi connectivity index (χ2n) is 2.57. The molecule has 0 amide bonds. The lowest BCUT2D eigenvalue weighted by molar-refractivity contribution is 0.104. The van der Waals surface area contributed by atoms with Gasteiger partial charge in [0.25, 0.3) is 0 Å². The van der Waals surface area contributed by atoms with Crippen LogP contribution in [0.4, 0.5) is 0 Å². The summed E-state index contributed by atoms with van der Waals surface area (Å²) in [7, 11) is 1.75. The van der Waals surface area contributed by atoms with Gasteiger partial charge in [-0.2, -0.15) is 0 Å². The summed E-state index contributed by atoms with van der Waals surface area (Å²) in [5.74, 6) is 6.22. The first-order valence-corrected chi connectivity index (χ1v) is 4.33. The lowest BCUT2D eigenvalue weighted by Gasteiger charge is -2.07. The third-order valence-electron chi connectivity index (χ3n) is 1.62. The monoisotopic (exact) mass is 154 g/mol. The van der Waals surface area contributed by atoms with Crippen LogP contribution in [0.3, 0.4) is 0 Å². The molecule has 1 atom stereocenters. The van der Waals surface area contributed by atoms with Crippen molar-refractivity contribution < 1.29 is 4.74 Å². The van der Waals surface area contributed by atoms with Crippen molar-refractivity contribution in [3.8, 4) is 11.8 Å². The Morgan fingerprint density at radius 2 is 2.00 bits per heavy atom. The maximum atomic E-state index is 5.18. The van der Waals surface area contributed by atoms with Gasteiger partial charge in [0.2, 0.25) is 0 Å². The lowest BCUT2D eigenvalue weighted by atomic mass is 10.2. The highest BCUT2D eigenvalue weighted by Gasteiger charge is 1.99. The molecule has 0 aliphatic heterocycles. The molecular weight excluding hydrogens is 136 g/mol. The van der Waals surface area contributed by atoms with Crippen LogP contribution >= 0.6 is 0 Å². The SMILES string of the molecule is CCCC#CCC(CC)OC. The summed E-state index contributed by atoms with van der Waals surface area (Å²) in [5, 5.41) is 0. The Labute approximate surface area is 70.1 Å². The zero-order valence-electron chi connectivity index (χ0n) is 7.81. The fraction of sp³-hybridized carbons (Fsp3) is 0.800. The van der Waals surface area contributed by atoms with E-state index in [1.165, 1.54) is 0 Å². The van der Waals surface area contributed by atoms with Crippen molar-refractivity contribution in [2.45, 2.75) is 45.6 Å². The number of ether oxygens (including phenoxy) is 1. The molecule has 1 nitrogen and oxygen atoms in total. The van der Waals surface area contributed by atoms with Gasteiger partial charge in [0, 0.05) is 20.0 Å². The standard InChI is InChI=1S/C10H18O/c1-4-6-7-8-9-10(5-2)11-3/h10H,4-6,9H2,1-3H3. The van der Waals surface area contributed by atoms with E-state index >= 15 is 0 Å². The number of hydrogen-bond acceptors (Lipinski definition) is 1. The minimum absolute atomic E-state index is 0.333. The van der Waals surface area contributed by atoms with Crippen LogP contribution in [0.1, 0.15) is 39.5 Å². The fourth-order valence-electron chi connectivity index (χ4n) is 0.794. The van der Waals surface area contributed by atoms with E-state index in [2.05, 4.69) is 25.7 Å². The number of rotatable bonds is 4. The molecule has 11 heavy (non-hydrogen) atoms. The highest BCUT2D eigenvalue weighted by atomic mass is 16.5. The molecule has 1 heteroatoms. The molecule has 0 saturated carbocycles. The van der Waals surface area contributed by atoms with Crippen LogP contribution in [0, 0.1) is 11.8 Å². The average molecular weight is 154 g/mol. The van der Waals surface area contributed by atoms with Gasteiger partial charge in [-0.1, -0.05) is 13.8 Å². The topological polar surface area (TPSA) is 9.23 Å². The molecule has 0 aliphatic rings. The quantitative estimate of drug-likeness (QED) is 0.565. The Morgan fingerprint density at radius 1 is 1.27 bits per heavy atom. The molecule has 64 valence electrons. The molecule has 0 radical (unpaired) electrons. The van der Waals surface area contributed by atoms with Gasteiger partial charge in [-0.05, 0) is 12.8 Å². The van der Waals surface area contributed by atoms with Crippen LogP contribution in [0.5, 0.6) is 0 Å². The summed E-state index contributed by atoms with van der Waals surface area (Å²) in [6.07, 6.45) is 4.43. The van der Waals surface area contributed by atoms with Gasteiger partial charge in [0.15, 0.2) is 0 Å². The highest BCUT2D eigenvalue weighted by Crippen LogP contribution is 1.99. The largest absolute Gasteiger partial charge is 0.380 e. The van der Waals surface area contributed by atoms with E-state index in [1.807, 2.05) is 0 Å². The first-order valence-electron chi connectivity index (χ1n) is 4.33. The molecule has 0 spiro atoms. The molecule has 0 aromatic carbocycles. The van der Waals surface area contributed by atoms with Gasteiger partial charge in [-0.25, -0.2) is 0 Å². The van der Waals surface area contributed by atoms with Crippen molar-refractivity contribution in [2.75, 3.05) is 7.11 Å². The normalized spacial score (nSPS) is 11.9. The van der Waals surface area contributed by atoms with E-state index < -0.39 is 0 Å². The second-order valence-corrected chi connectivity index (χ2v) is 2.57. The summed E-state index contributed by atoms with van der Waals surface area (Å²) in [6.45, 7) is 4.26. The van der Waals surface area contributed by atoms with Crippen molar-refractivity contribution in [2.24, 2.45) is 0 Å². The maximum Gasteiger partial charge on any atom is 0.0677 e. The zero-order chi connectivity index (χ0) is 8.53. The molecule has 0 fully saturated rings. The van der Waals surface area contributed by atoms with E-state index in [0.29, 0.717) is 6.10 Å². The van der Waals surface area contributed by atoms with E-state index in [9.17, 15) is 0 Å². The third kappa shape index (κ3) is 5.94. The van der Waals surface area contributed by atoms with Crippen LogP contribution in [0.25, 0.3) is 0 Å². The summed E-state index contributed by atoms with van der Waals surface area (Å²) in [5.41, 5.74) is 0. The van der Waals surface area contributed by atoms with Gasteiger partial charge in [0.1, 0.15) is 0 Å². The van der Waals surface area contributed by atoms with Crippen molar-refractivity contribution in [1.82, 2.24) is 0 Å². The van der Waals surface area contributed by atoms with E-state index in [1.54, 1.807) is 7.11 Å². The Morgan fingerprint density at radius 3 is 2.45 bits per heavy atom. The third-order valence-corrected chi connectivity index (χ3v) is 1.62. The van der Waals surface area contributed by atoms with Gasteiger partial charge < -0.3 is 4.74 Å². The molecule has 0 aromatic rings. The van der Waals surface area contributed by atoms with Crippen LogP contribution in [-0.2, 0) is 4.74 Å². The predicted molar refractivity (Wildman–Crippen MR) is 48.4 cm³/mol. The predicted octanol–water partition coefficient (Wildman–Crippen LogP) is 2.61. The number of methoxy groups -OCH3 is 1. The molecule has 0 aromatic heterocycles. The summed E-state index contributed by atoms with van der Waals surface area (Å²) < 4.78 is 5.18. The smallest absolute Gasteiger partial charge is 0.0677 e. The van der Waals surface area contributed by atoms with Crippen molar-refractivity contribution >= 4 is 0 Å². The van der Waals surface area contributed by atoms with E-state index in [4.69, 9.17) is 4.74 Å². The van der Waals surface area contributed by atoms with Crippen molar-refractivity contribution in [1.29, 1.82) is 0 Å². The number of unbranched alkanes of at least 4 members (excludes halogenated alkanes) is 1. The van der Waals surface area contributed by atoms with Gasteiger partial charge in [-0.15, -0.1) is 11.8 Å². The molecule has 0 aliphatic carbocycles. The Hall–Kier alpha value is -0.480. The summed E-state index contributed by atoms with van der Waals surface area (Å²) >= 11 is 0.